The topological polar surface area (TPSA) is 26.3 Å². The SMILES string of the molecule is CCCCCCCC[C@H]1C[C@@H](C2(CCCCC)C=CC(c3ccccc3)=CC2)OC1=O. The van der Waals surface area contributed by atoms with Crippen LogP contribution in [0.25, 0.3) is 5.57 Å². The molecule has 1 heterocycles. The summed E-state index contributed by atoms with van der Waals surface area (Å²) < 4.78 is 6.06. The lowest BCUT2D eigenvalue weighted by molar-refractivity contribution is -0.147. The first-order valence-electron chi connectivity index (χ1n) is 12.8. The van der Waals surface area contributed by atoms with Crippen LogP contribution in [0.2, 0.25) is 0 Å². The van der Waals surface area contributed by atoms with Gasteiger partial charge < -0.3 is 4.74 Å². The molecule has 2 heteroatoms. The monoisotopic (exact) mass is 422 g/mol. The third-order valence-electron chi connectivity index (χ3n) is 7.29. The zero-order valence-electron chi connectivity index (χ0n) is 19.8. The van der Waals surface area contributed by atoms with Gasteiger partial charge in [-0.25, -0.2) is 0 Å². The number of carbonyl (C=O) groups is 1. The molecule has 1 saturated heterocycles. The molecule has 3 rings (SSSR count). The van der Waals surface area contributed by atoms with Crippen molar-refractivity contribution >= 4 is 11.5 Å². The Balaban J connectivity index is 1.61. The average molecular weight is 423 g/mol. The molecule has 1 fully saturated rings. The standard InChI is InChI=1S/C29H42O2/c1-3-5-7-8-9-11-17-26-23-27(31-28(26)30)29(20-14-6-4-2)21-18-25(19-22-29)24-15-12-10-13-16-24/h10,12-13,15-16,18-19,21,26-27H,3-9,11,14,17,20,22-23H2,1-2H3/t26-,27-,29?/m0/s1. The van der Waals surface area contributed by atoms with Gasteiger partial charge in [-0.3, -0.25) is 4.79 Å². The predicted molar refractivity (Wildman–Crippen MR) is 131 cm³/mol. The third-order valence-corrected chi connectivity index (χ3v) is 7.29. The number of hydrogen-bond acceptors (Lipinski definition) is 2. The Hall–Kier alpha value is -1.83. The minimum atomic E-state index is -0.0288. The van der Waals surface area contributed by atoms with Crippen molar-refractivity contribution in [3.05, 3.63) is 54.1 Å². The summed E-state index contributed by atoms with van der Waals surface area (Å²) in [5.74, 6) is 0.159. The Morgan fingerprint density at radius 1 is 0.935 bits per heavy atom. The van der Waals surface area contributed by atoms with E-state index in [9.17, 15) is 4.79 Å². The quantitative estimate of drug-likeness (QED) is 0.236. The highest BCUT2D eigenvalue weighted by Crippen LogP contribution is 2.46. The van der Waals surface area contributed by atoms with Gasteiger partial charge in [0.05, 0.1) is 5.92 Å². The van der Waals surface area contributed by atoms with Crippen molar-refractivity contribution in [2.75, 3.05) is 0 Å². The second-order valence-corrected chi connectivity index (χ2v) is 9.67. The van der Waals surface area contributed by atoms with E-state index in [0.717, 1.165) is 32.1 Å². The molecule has 1 aromatic carbocycles. The van der Waals surface area contributed by atoms with Crippen molar-refractivity contribution < 1.29 is 9.53 Å². The van der Waals surface area contributed by atoms with E-state index in [1.54, 1.807) is 0 Å². The van der Waals surface area contributed by atoms with Crippen molar-refractivity contribution in [2.24, 2.45) is 11.3 Å². The Labute approximate surface area is 190 Å². The molecule has 0 radical (unpaired) electrons. The lowest BCUT2D eigenvalue weighted by atomic mass is 9.70. The minimum Gasteiger partial charge on any atom is -0.461 e. The van der Waals surface area contributed by atoms with E-state index in [4.69, 9.17) is 4.74 Å². The molecule has 1 aromatic rings. The van der Waals surface area contributed by atoms with E-state index < -0.39 is 0 Å². The van der Waals surface area contributed by atoms with Crippen LogP contribution in [0.3, 0.4) is 0 Å². The zero-order chi connectivity index (χ0) is 21.9. The largest absolute Gasteiger partial charge is 0.461 e. The van der Waals surface area contributed by atoms with Crippen LogP contribution in [0.15, 0.2) is 48.6 Å². The van der Waals surface area contributed by atoms with Crippen LogP contribution < -0.4 is 0 Å². The number of carbonyl (C=O) groups excluding carboxylic acids is 1. The van der Waals surface area contributed by atoms with Gasteiger partial charge >= 0.3 is 5.97 Å². The van der Waals surface area contributed by atoms with Gasteiger partial charge in [0.2, 0.25) is 0 Å². The smallest absolute Gasteiger partial charge is 0.309 e. The number of allylic oxidation sites excluding steroid dienone is 3. The summed E-state index contributed by atoms with van der Waals surface area (Å²) >= 11 is 0. The van der Waals surface area contributed by atoms with Crippen molar-refractivity contribution in [1.29, 1.82) is 0 Å². The van der Waals surface area contributed by atoms with E-state index in [1.807, 2.05) is 0 Å². The molecule has 0 amide bonds. The second-order valence-electron chi connectivity index (χ2n) is 9.67. The van der Waals surface area contributed by atoms with Crippen LogP contribution in [0.5, 0.6) is 0 Å². The fourth-order valence-electron chi connectivity index (χ4n) is 5.22. The predicted octanol–water partition coefficient (Wildman–Crippen LogP) is 8.28. The zero-order valence-corrected chi connectivity index (χ0v) is 19.8. The number of esters is 1. The molecule has 31 heavy (non-hydrogen) atoms. The van der Waals surface area contributed by atoms with Crippen LogP contribution in [-0.4, -0.2) is 12.1 Å². The second kappa shape index (κ2) is 12.3. The Bertz CT molecular complexity index is 732. The molecular weight excluding hydrogens is 380 g/mol. The maximum atomic E-state index is 12.7. The first-order chi connectivity index (χ1) is 15.2. The number of cyclic esters (lactones) is 1. The molecule has 0 spiro atoms. The van der Waals surface area contributed by atoms with E-state index >= 15 is 0 Å². The summed E-state index contributed by atoms with van der Waals surface area (Å²) in [6.07, 6.45) is 22.4. The first kappa shape index (κ1) is 23.8. The highest BCUT2D eigenvalue weighted by Gasteiger charge is 2.46. The van der Waals surface area contributed by atoms with Gasteiger partial charge in [-0.15, -0.1) is 0 Å². The fraction of sp³-hybridized carbons (Fsp3) is 0.621. The minimum absolute atomic E-state index is 0.0288. The van der Waals surface area contributed by atoms with Crippen LogP contribution in [0, 0.1) is 11.3 Å². The highest BCUT2D eigenvalue weighted by molar-refractivity contribution is 5.76. The van der Waals surface area contributed by atoms with Crippen LogP contribution in [0.4, 0.5) is 0 Å². The molecule has 0 bridgehead atoms. The lowest BCUT2D eigenvalue weighted by Gasteiger charge is -2.37. The first-order valence-corrected chi connectivity index (χ1v) is 12.8. The molecular formula is C29H42O2. The van der Waals surface area contributed by atoms with E-state index in [2.05, 4.69) is 62.4 Å². The summed E-state index contributed by atoms with van der Waals surface area (Å²) in [4.78, 5) is 12.7. The number of hydrogen-bond donors (Lipinski definition) is 0. The number of unbranched alkanes of at least 4 members (excludes halogenated alkanes) is 7. The normalized spacial score (nSPS) is 25.5. The van der Waals surface area contributed by atoms with E-state index in [1.165, 1.54) is 62.5 Å². The molecule has 170 valence electrons. The van der Waals surface area contributed by atoms with Crippen molar-refractivity contribution in [3.8, 4) is 0 Å². The fourth-order valence-corrected chi connectivity index (χ4v) is 5.22. The van der Waals surface area contributed by atoms with E-state index in [0.29, 0.717) is 0 Å². The van der Waals surface area contributed by atoms with Gasteiger partial charge in [0.25, 0.3) is 0 Å². The van der Waals surface area contributed by atoms with Gasteiger partial charge in [-0.1, -0.05) is 120 Å². The summed E-state index contributed by atoms with van der Waals surface area (Å²) in [6, 6.07) is 10.6. The number of rotatable bonds is 13. The van der Waals surface area contributed by atoms with Gasteiger partial charge in [0.15, 0.2) is 0 Å². The summed E-state index contributed by atoms with van der Waals surface area (Å²) in [7, 11) is 0. The third kappa shape index (κ3) is 6.57. The van der Waals surface area contributed by atoms with Crippen LogP contribution in [0.1, 0.15) is 103 Å². The van der Waals surface area contributed by atoms with Crippen molar-refractivity contribution in [3.63, 3.8) is 0 Å². The van der Waals surface area contributed by atoms with Crippen LogP contribution in [-0.2, 0) is 9.53 Å². The van der Waals surface area contributed by atoms with Crippen molar-refractivity contribution in [1.82, 2.24) is 0 Å². The molecule has 3 atom stereocenters. The van der Waals surface area contributed by atoms with Gasteiger partial charge in [0, 0.05) is 5.41 Å². The summed E-state index contributed by atoms with van der Waals surface area (Å²) in [6.45, 7) is 4.51. The molecule has 2 aliphatic rings. The molecule has 1 unspecified atom stereocenters. The van der Waals surface area contributed by atoms with Gasteiger partial charge in [-0.05, 0) is 36.8 Å². The summed E-state index contributed by atoms with van der Waals surface area (Å²) in [5.41, 5.74) is 2.53. The Morgan fingerprint density at radius 2 is 1.65 bits per heavy atom. The number of benzene rings is 1. The molecule has 0 aromatic heterocycles. The molecule has 0 saturated carbocycles. The Kier molecular flexibility index (Phi) is 9.43. The summed E-state index contributed by atoms with van der Waals surface area (Å²) in [5, 5.41) is 0. The van der Waals surface area contributed by atoms with Gasteiger partial charge in [0.1, 0.15) is 6.10 Å². The maximum absolute atomic E-state index is 12.7. The molecule has 2 nitrogen and oxygen atoms in total. The lowest BCUT2D eigenvalue weighted by Crippen LogP contribution is -2.34. The maximum Gasteiger partial charge on any atom is 0.309 e. The average Bonchev–Trinajstić information content (AvgIpc) is 3.18. The molecule has 0 N–H and O–H groups in total. The molecule has 1 aliphatic heterocycles. The van der Waals surface area contributed by atoms with Crippen molar-refractivity contribution in [2.45, 2.75) is 103 Å². The Morgan fingerprint density at radius 3 is 2.35 bits per heavy atom. The highest BCUT2D eigenvalue weighted by atomic mass is 16.6. The van der Waals surface area contributed by atoms with Crippen LogP contribution >= 0.6 is 0 Å². The number of ether oxygens (including phenoxy) is 1. The molecule has 1 aliphatic carbocycles. The van der Waals surface area contributed by atoms with Gasteiger partial charge in [-0.2, -0.15) is 0 Å². The van der Waals surface area contributed by atoms with E-state index in [-0.39, 0.29) is 23.4 Å².